The van der Waals surface area contributed by atoms with Crippen LogP contribution in [-0.4, -0.2) is 38.7 Å². The Hall–Kier alpha value is -0.660. The lowest BCUT2D eigenvalue weighted by molar-refractivity contribution is -0.123. The second-order valence-electron chi connectivity index (χ2n) is 5.39. The molecule has 0 heterocycles. The van der Waals surface area contributed by atoms with Crippen LogP contribution in [0.4, 0.5) is 0 Å². The average molecular weight is 279 g/mol. The van der Waals surface area contributed by atoms with Gasteiger partial charge in [-0.3, -0.25) is 4.79 Å². The van der Waals surface area contributed by atoms with Crippen LogP contribution >= 0.6 is 0 Å². The number of amides is 1. The van der Waals surface area contributed by atoms with Gasteiger partial charge in [-0.05, 0) is 19.8 Å². The van der Waals surface area contributed by atoms with Gasteiger partial charge in [-0.15, -0.1) is 0 Å². The minimum absolute atomic E-state index is 0.0935. The minimum atomic E-state index is -3.30. The number of hydrogen-bond acceptors (Lipinski definition) is 4. The number of rotatable bonds is 7. The summed E-state index contributed by atoms with van der Waals surface area (Å²) in [6.45, 7) is 7.46. The van der Waals surface area contributed by atoms with Gasteiger partial charge in [0.05, 0.1) is 12.3 Å². The summed E-state index contributed by atoms with van der Waals surface area (Å²) in [5, 5.41) is 2.67. The molecule has 18 heavy (non-hydrogen) atoms. The summed E-state index contributed by atoms with van der Waals surface area (Å²) >= 11 is 0. The van der Waals surface area contributed by atoms with Crippen LogP contribution in [0.25, 0.3) is 0 Å². The molecule has 0 radical (unpaired) electrons. The molecule has 6 nitrogen and oxygen atoms in total. The van der Waals surface area contributed by atoms with Crippen LogP contribution in [-0.2, 0) is 14.8 Å². The Morgan fingerprint density at radius 3 is 2.28 bits per heavy atom. The highest BCUT2D eigenvalue weighted by Crippen LogP contribution is 2.06. The predicted molar refractivity (Wildman–Crippen MR) is 72.5 cm³/mol. The average Bonchev–Trinajstić information content (AvgIpc) is 2.20. The first kappa shape index (κ1) is 17.3. The van der Waals surface area contributed by atoms with Crippen LogP contribution in [0.2, 0.25) is 0 Å². The zero-order valence-corrected chi connectivity index (χ0v) is 12.6. The van der Waals surface area contributed by atoms with Crippen LogP contribution in [0.3, 0.4) is 0 Å². The first-order valence-electron chi connectivity index (χ1n) is 6.00. The molecule has 0 saturated carbocycles. The topological polar surface area (TPSA) is 101 Å². The molecule has 7 heteroatoms. The molecule has 0 aliphatic carbocycles. The number of nitrogens with two attached hydrogens (primary N) is 1. The number of hydrogen-bond donors (Lipinski definition) is 3. The fraction of sp³-hybridized carbons (Fsp3) is 0.909. The second kappa shape index (κ2) is 6.49. The van der Waals surface area contributed by atoms with Crippen molar-refractivity contribution in [2.45, 2.75) is 45.7 Å². The summed E-state index contributed by atoms with van der Waals surface area (Å²) in [7, 11) is -3.30. The molecule has 0 aromatic heterocycles. The van der Waals surface area contributed by atoms with Crippen molar-refractivity contribution in [3.05, 3.63) is 0 Å². The Labute approximate surface area is 110 Å². The van der Waals surface area contributed by atoms with Gasteiger partial charge in [0.15, 0.2) is 0 Å². The minimum Gasteiger partial charge on any atom is -0.353 e. The van der Waals surface area contributed by atoms with Gasteiger partial charge in [0, 0.05) is 12.1 Å². The third-order valence-corrected chi connectivity index (χ3v) is 3.65. The van der Waals surface area contributed by atoms with Crippen molar-refractivity contribution in [3.8, 4) is 0 Å². The van der Waals surface area contributed by atoms with Gasteiger partial charge in [-0.25, -0.2) is 13.1 Å². The lowest BCUT2D eigenvalue weighted by Gasteiger charge is -2.27. The van der Waals surface area contributed by atoms with Crippen molar-refractivity contribution in [3.63, 3.8) is 0 Å². The van der Waals surface area contributed by atoms with E-state index < -0.39 is 21.6 Å². The zero-order valence-electron chi connectivity index (χ0n) is 11.8. The quantitative estimate of drug-likeness (QED) is 0.601. The fourth-order valence-electron chi connectivity index (χ4n) is 1.48. The molecule has 0 aromatic rings. The van der Waals surface area contributed by atoms with Crippen LogP contribution < -0.4 is 15.8 Å². The van der Waals surface area contributed by atoms with E-state index in [2.05, 4.69) is 10.0 Å². The van der Waals surface area contributed by atoms with Gasteiger partial charge in [-0.2, -0.15) is 0 Å². The van der Waals surface area contributed by atoms with Crippen molar-refractivity contribution in [2.75, 3.05) is 12.8 Å². The van der Waals surface area contributed by atoms with Crippen LogP contribution in [0.1, 0.15) is 34.1 Å². The number of carbonyl (C=O) groups is 1. The van der Waals surface area contributed by atoms with E-state index in [-0.39, 0.29) is 18.4 Å². The third-order valence-electron chi connectivity index (χ3n) is 2.73. The summed E-state index contributed by atoms with van der Waals surface area (Å²) in [5.41, 5.74) is 5.04. The lowest BCUT2D eigenvalue weighted by atomic mass is 9.99. The molecule has 0 aliphatic heterocycles. The standard InChI is InChI=1S/C11H25N3O3S/c1-6-8(2)9(12)10(15)13-7-11(3,4)14-18(5,16)17/h8-9,14H,6-7,12H2,1-5H3,(H,13,15)/t8?,9-/m0/s1. The van der Waals surface area contributed by atoms with Gasteiger partial charge in [-0.1, -0.05) is 20.3 Å². The van der Waals surface area contributed by atoms with E-state index in [1.807, 2.05) is 13.8 Å². The molecule has 0 spiro atoms. The number of carbonyl (C=O) groups excluding carboxylic acids is 1. The second-order valence-corrected chi connectivity index (χ2v) is 7.14. The van der Waals surface area contributed by atoms with Crippen molar-refractivity contribution in [2.24, 2.45) is 11.7 Å². The Morgan fingerprint density at radius 1 is 1.39 bits per heavy atom. The normalized spacial score (nSPS) is 16.1. The molecule has 0 aliphatic rings. The fourth-order valence-corrected chi connectivity index (χ4v) is 2.55. The van der Waals surface area contributed by atoms with E-state index in [0.717, 1.165) is 12.7 Å². The first-order chi connectivity index (χ1) is 7.98. The van der Waals surface area contributed by atoms with E-state index in [1.165, 1.54) is 0 Å². The van der Waals surface area contributed by atoms with Crippen molar-refractivity contribution >= 4 is 15.9 Å². The molecule has 1 amide bonds. The summed E-state index contributed by atoms with van der Waals surface area (Å²) in [6, 6.07) is -0.566. The van der Waals surface area contributed by atoms with E-state index in [1.54, 1.807) is 13.8 Å². The highest BCUT2D eigenvalue weighted by atomic mass is 32.2. The van der Waals surface area contributed by atoms with Gasteiger partial charge >= 0.3 is 0 Å². The molecule has 0 bridgehead atoms. The SMILES string of the molecule is CCC(C)[C@H](N)C(=O)NCC(C)(C)NS(C)(=O)=O. The number of sulfonamides is 1. The zero-order chi connectivity index (χ0) is 14.6. The van der Waals surface area contributed by atoms with Crippen molar-refractivity contribution in [1.82, 2.24) is 10.0 Å². The Kier molecular flexibility index (Phi) is 6.25. The van der Waals surface area contributed by atoms with Crippen LogP contribution in [0, 0.1) is 5.92 Å². The van der Waals surface area contributed by atoms with E-state index in [9.17, 15) is 13.2 Å². The van der Waals surface area contributed by atoms with Gasteiger partial charge in [0.1, 0.15) is 0 Å². The predicted octanol–water partition coefficient (Wildman–Crippen LogP) is -0.196. The molecule has 0 saturated heterocycles. The molecule has 0 rings (SSSR count). The Balaban J connectivity index is 4.36. The monoisotopic (exact) mass is 279 g/mol. The van der Waals surface area contributed by atoms with E-state index in [4.69, 9.17) is 5.73 Å². The maximum atomic E-state index is 11.7. The van der Waals surface area contributed by atoms with Gasteiger partial charge < -0.3 is 11.1 Å². The Morgan fingerprint density at radius 2 is 1.89 bits per heavy atom. The number of nitrogens with one attached hydrogen (secondary N) is 2. The van der Waals surface area contributed by atoms with E-state index >= 15 is 0 Å². The lowest BCUT2D eigenvalue weighted by Crippen LogP contribution is -2.54. The molecule has 1 unspecified atom stereocenters. The highest BCUT2D eigenvalue weighted by Gasteiger charge is 2.25. The largest absolute Gasteiger partial charge is 0.353 e. The molecule has 4 N–H and O–H groups in total. The van der Waals surface area contributed by atoms with Crippen LogP contribution in [0.15, 0.2) is 0 Å². The summed E-state index contributed by atoms with van der Waals surface area (Å²) in [5.74, 6) is -0.163. The summed E-state index contributed by atoms with van der Waals surface area (Å²) in [4.78, 5) is 11.7. The Bertz CT molecular complexity index is 379. The molecular weight excluding hydrogens is 254 g/mol. The highest BCUT2D eigenvalue weighted by molar-refractivity contribution is 7.88. The van der Waals surface area contributed by atoms with E-state index in [0.29, 0.717) is 0 Å². The van der Waals surface area contributed by atoms with Gasteiger partial charge in [0.25, 0.3) is 0 Å². The summed E-state index contributed by atoms with van der Waals surface area (Å²) in [6.07, 6.45) is 1.90. The maximum absolute atomic E-state index is 11.7. The van der Waals surface area contributed by atoms with Crippen molar-refractivity contribution < 1.29 is 13.2 Å². The van der Waals surface area contributed by atoms with Gasteiger partial charge in [0.2, 0.25) is 15.9 Å². The molecule has 0 aromatic carbocycles. The first-order valence-corrected chi connectivity index (χ1v) is 7.90. The van der Waals surface area contributed by atoms with Crippen LogP contribution in [0.5, 0.6) is 0 Å². The molecule has 2 atom stereocenters. The maximum Gasteiger partial charge on any atom is 0.237 e. The molecular formula is C11H25N3O3S. The third kappa shape index (κ3) is 6.93. The molecule has 108 valence electrons. The molecule has 0 fully saturated rings. The smallest absolute Gasteiger partial charge is 0.237 e. The summed E-state index contributed by atoms with van der Waals surface area (Å²) < 4.78 is 24.7. The van der Waals surface area contributed by atoms with Crippen molar-refractivity contribution in [1.29, 1.82) is 0 Å².